The zero-order valence-corrected chi connectivity index (χ0v) is 14.8. The van der Waals surface area contributed by atoms with Gasteiger partial charge in [0.1, 0.15) is 24.0 Å². The number of rotatable bonds is 4. The number of aromatic nitrogens is 2. The van der Waals surface area contributed by atoms with Crippen molar-refractivity contribution in [3.05, 3.63) is 46.9 Å². The fourth-order valence-corrected chi connectivity index (χ4v) is 3.62. The average Bonchev–Trinajstić information content (AvgIpc) is 2.82. The molecule has 4 rings (SSSR count). The van der Waals surface area contributed by atoms with E-state index >= 15 is 0 Å². The smallest absolute Gasteiger partial charge is 0.133 e. The molecule has 2 aliphatic heterocycles. The van der Waals surface area contributed by atoms with Gasteiger partial charge in [0.05, 0.1) is 11.8 Å². The number of para-hydroxylation sites is 1. The van der Waals surface area contributed by atoms with Gasteiger partial charge < -0.3 is 14.8 Å². The van der Waals surface area contributed by atoms with Crippen LogP contribution in [0.5, 0.6) is 5.75 Å². The van der Waals surface area contributed by atoms with Crippen molar-refractivity contribution in [2.75, 3.05) is 18.5 Å². The minimum absolute atomic E-state index is 0.381. The van der Waals surface area contributed by atoms with E-state index in [2.05, 4.69) is 27.4 Å². The van der Waals surface area contributed by atoms with Gasteiger partial charge in [-0.15, -0.1) is 0 Å². The monoisotopic (exact) mass is 339 g/mol. The molecule has 0 radical (unpaired) electrons. The Bertz CT molecular complexity index is 742. The fraction of sp³-hybridized carbons (Fsp3) is 0.500. The predicted molar refractivity (Wildman–Crippen MR) is 97.0 cm³/mol. The van der Waals surface area contributed by atoms with Crippen LogP contribution in [0.25, 0.3) is 0 Å². The second-order valence-corrected chi connectivity index (χ2v) is 6.82. The molecular weight excluding hydrogens is 314 g/mol. The molecule has 1 N–H and O–H groups in total. The molecule has 3 heterocycles. The van der Waals surface area contributed by atoms with Crippen LogP contribution in [0.2, 0.25) is 0 Å². The van der Waals surface area contributed by atoms with Gasteiger partial charge in [-0.1, -0.05) is 18.2 Å². The summed E-state index contributed by atoms with van der Waals surface area (Å²) in [5.74, 6) is 2.67. The predicted octanol–water partition coefficient (Wildman–Crippen LogP) is 3.64. The van der Waals surface area contributed by atoms with Crippen LogP contribution in [0.15, 0.2) is 24.3 Å². The van der Waals surface area contributed by atoms with E-state index in [-0.39, 0.29) is 0 Å². The third kappa shape index (κ3) is 3.76. The molecule has 0 spiro atoms. The van der Waals surface area contributed by atoms with Crippen molar-refractivity contribution in [1.29, 1.82) is 0 Å². The van der Waals surface area contributed by atoms with E-state index in [1.807, 2.05) is 19.1 Å². The van der Waals surface area contributed by atoms with Gasteiger partial charge in [0.2, 0.25) is 0 Å². The van der Waals surface area contributed by atoms with E-state index in [9.17, 15) is 0 Å². The van der Waals surface area contributed by atoms with Crippen LogP contribution in [-0.4, -0.2) is 29.2 Å². The third-order valence-electron chi connectivity index (χ3n) is 4.94. The van der Waals surface area contributed by atoms with Gasteiger partial charge in [0.15, 0.2) is 0 Å². The molecule has 1 aromatic heterocycles. The molecule has 1 atom stereocenters. The molecule has 5 heteroatoms. The molecule has 5 nitrogen and oxygen atoms in total. The number of hydrogen-bond acceptors (Lipinski definition) is 5. The molecule has 1 aromatic carbocycles. The van der Waals surface area contributed by atoms with Gasteiger partial charge in [-0.3, -0.25) is 0 Å². The molecule has 2 aliphatic rings. The first-order valence-electron chi connectivity index (χ1n) is 9.22. The van der Waals surface area contributed by atoms with Gasteiger partial charge in [-0.05, 0) is 44.2 Å². The highest BCUT2D eigenvalue weighted by Crippen LogP contribution is 2.30. The minimum atomic E-state index is 0.381. The lowest BCUT2D eigenvalue weighted by Gasteiger charge is -2.23. The van der Waals surface area contributed by atoms with E-state index in [1.54, 1.807) is 0 Å². The van der Waals surface area contributed by atoms with Gasteiger partial charge in [0, 0.05) is 25.1 Å². The van der Waals surface area contributed by atoms with Gasteiger partial charge in [0.25, 0.3) is 0 Å². The summed E-state index contributed by atoms with van der Waals surface area (Å²) >= 11 is 0. The zero-order valence-electron chi connectivity index (χ0n) is 14.8. The Morgan fingerprint density at radius 2 is 2.12 bits per heavy atom. The normalized spacial score (nSPS) is 19.3. The van der Waals surface area contributed by atoms with Crippen molar-refractivity contribution in [2.24, 2.45) is 0 Å². The molecule has 0 amide bonds. The number of anilines is 1. The van der Waals surface area contributed by atoms with E-state index in [0.29, 0.717) is 12.7 Å². The molecule has 132 valence electrons. The summed E-state index contributed by atoms with van der Waals surface area (Å²) < 4.78 is 11.8. The van der Waals surface area contributed by atoms with Crippen molar-refractivity contribution in [3.63, 3.8) is 0 Å². The third-order valence-corrected chi connectivity index (χ3v) is 4.94. The second kappa shape index (κ2) is 7.40. The minimum Gasteiger partial charge on any atom is -0.487 e. The van der Waals surface area contributed by atoms with Crippen molar-refractivity contribution in [1.82, 2.24) is 9.97 Å². The topological polar surface area (TPSA) is 56.3 Å². The van der Waals surface area contributed by atoms with Gasteiger partial charge in [-0.2, -0.15) is 0 Å². The largest absolute Gasteiger partial charge is 0.487 e. The van der Waals surface area contributed by atoms with Crippen LogP contribution in [0, 0.1) is 6.92 Å². The lowest BCUT2D eigenvalue weighted by atomic mass is 10.0. The van der Waals surface area contributed by atoms with E-state index < -0.39 is 0 Å². The Balaban J connectivity index is 1.51. The summed E-state index contributed by atoms with van der Waals surface area (Å²) in [5, 5.41) is 3.53. The molecule has 1 saturated heterocycles. The number of hydrogen-bond donors (Lipinski definition) is 1. The first kappa shape index (κ1) is 16.3. The highest BCUT2D eigenvalue weighted by Gasteiger charge is 2.20. The van der Waals surface area contributed by atoms with E-state index in [1.165, 1.54) is 24.8 Å². The maximum Gasteiger partial charge on any atom is 0.133 e. The highest BCUT2D eigenvalue weighted by molar-refractivity contribution is 5.52. The van der Waals surface area contributed by atoms with Gasteiger partial charge >= 0.3 is 0 Å². The summed E-state index contributed by atoms with van der Waals surface area (Å²) in [7, 11) is 0. The van der Waals surface area contributed by atoms with Crippen LogP contribution < -0.4 is 10.1 Å². The SMILES string of the molecule is Cc1nc2c(c(NCC[C@@H]3CCCCO3)n1)Cc1ccccc1OC2. The fourth-order valence-electron chi connectivity index (χ4n) is 3.62. The summed E-state index contributed by atoms with van der Waals surface area (Å²) in [6, 6.07) is 8.20. The van der Waals surface area contributed by atoms with Crippen LogP contribution in [0.3, 0.4) is 0 Å². The van der Waals surface area contributed by atoms with Gasteiger partial charge in [-0.25, -0.2) is 9.97 Å². The van der Waals surface area contributed by atoms with Crippen molar-refractivity contribution >= 4 is 5.82 Å². The lowest BCUT2D eigenvalue weighted by Crippen LogP contribution is -2.22. The number of ether oxygens (including phenoxy) is 2. The molecule has 0 saturated carbocycles. The Morgan fingerprint density at radius 1 is 1.20 bits per heavy atom. The van der Waals surface area contributed by atoms with Crippen LogP contribution in [0.4, 0.5) is 5.82 Å². The molecule has 25 heavy (non-hydrogen) atoms. The summed E-state index contributed by atoms with van der Waals surface area (Å²) in [6.07, 6.45) is 5.85. The Morgan fingerprint density at radius 3 is 3.00 bits per heavy atom. The second-order valence-electron chi connectivity index (χ2n) is 6.82. The Hall–Kier alpha value is -2.14. The Kier molecular flexibility index (Phi) is 4.83. The number of aryl methyl sites for hydroxylation is 1. The lowest BCUT2D eigenvalue weighted by molar-refractivity contribution is 0.0134. The van der Waals surface area contributed by atoms with Crippen LogP contribution in [0.1, 0.15) is 48.3 Å². The number of benzene rings is 1. The number of fused-ring (bicyclic) bond motifs is 2. The van der Waals surface area contributed by atoms with Crippen LogP contribution in [-0.2, 0) is 17.8 Å². The van der Waals surface area contributed by atoms with Crippen molar-refractivity contribution in [2.45, 2.75) is 51.7 Å². The van der Waals surface area contributed by atoms with Crippen molar-refractivity contribution in [3.8, 4) is 5.75 Å². The molecule has 0 unspecified atom stereocenters. The highest BCUT2D eigenvalue weighted by atomic mass is 16.5. The first-order chi connectivity index (χ1) is 12.3. The van der Waals surface area contributed by atoms with Crippen LogP contribution >= 0.6 is 0 Å². The first-order valence-corrected chi connectivity index (χ1v) is 9.22. The van der Waals surface area contributed by atoms with E-state index in [4.69, 9.17) is 9.47 Å². The maximum absolute atomic E-state index is 5.95. The molecule has 0 bridgehead atoms. The zero-order chi connectivity index (χ0) is 17.1. The maximum atomic E-state index is 5.95. The number of nitrogens with zero attached hydrogens (tertiary/aromatic N) is 2. The summed E-state index contributed by atoms with van der Waals surface area (Å²) in [5.41, 5.74) is 3.33. The quantitative estimate of drug-likeness (QED) is 0.922. The Labute approximate surface area is 148 Å². The molecular formula is C20H25N3O2. The van der Waals surface area contributed by atoms with E-state index in [0.717, 1.165) is 54.6 Å². The molecule has 1 fully saturated rings. The molecule has 0 aliphatic carbocycles. The standard InChI is InChI=1S/C20H25N3O2/c1-14-22-18-13-25-19-8-3-2-6-15(19)12-17(18)20(23-14)21-10-9-16-7-4-5-11-24-16/h2-3,6,8,16H,4-5,7,9-13H2,1H3,(H,21,22,23)/t16-/m0/s1. The molecule has 2 aromatic rings. The summed E-state index contributed by atoms with van der Waals surface area (Å²) in [4.78, 5) is 9.28. The summed E-state index contributed by atoms with van der Waals surface area (Å²) in [6.45, 7) is 4.21. The van der Waals surface area contributed by atoms with Crippen molar-refractivity contribution < 1.29 is 9.47 Å². The number of nitrogens with one attached hydrogen (secondary N) is 1. The average molecular weight is 339 g/mol.